The lowest BCUT2D eigenvalue weighted by atomic mass is 10.1. The fraction of sp³-hybridized carbons (Fsp3) is 0.625. The summed E-state index contributed by atoms with van der Waals surface area (Å²) in [5.41, 5.74) is 0.801. The molecule has 0 aromatic carbocycles. The SMILES string of the molecule is N=C1C=CCCCCC1. The second kappa shape index (κ2) is 3.44. The normalized spacial score (nSPS) is 21.1. The van der Waals surface area contributed by atoms with Gasteiger partial charge in [0, 0.05) is 5.71 Å². The van der Waals surface area contributed by atoms with Crippen LogP contribution in [0.3, 0.4) is 0 Å². The minimum Gasteiger partial charge on any atom is -0.305 e. The van der Waals surface area contributed by atoms with E-state index in [4.69, 9.17) is 5.41 Å². The molecule has 0 heterocycles. The van der Waals surface area contributed by atoms with E-state index < -0.39 is 0 Å². The summed E-state index contributed by atoms with van der Waals surface area (Å²) < 4.78 is 0. The molecule has 1 rings (SSSR count). The van der Waals surface area contributed by atoms with E-state index in [-0.39, 0.29) is 0 Å². The first-order valence-corrected chi connectivity index (χ1v) is 3.63. The van der Waals surface area contributed by atoms with Crippen LogP contribution in [0, 0.1) is 5.41 Å². The highest BCUT2D eigenvalue weighted by atomic mass is 14.4. The van der Waals surface area contributed by atoms with E-state index in [2.05, 4.69) is 6.08 Å². The van der Waals surface area contributed by atoms with Gasteiger partial charge in [-0.25, -0.2) is 0 Å². The summed E-state index contributed by atoms with van der Waals surface area (Å²) in [6.45, 7) is 0. The largest absolute Gasteiger partial charge is 0.305 e. The maximum atomic E-state index is 7.34. The average molecular weight is 123 g/mol. The van der Waals surface area contributed by atoms with Crippen molar-refractivity contribution in [1.82, 2.24) is 0 Å². The van der Waals surface area contributed by atoms with Crippen LogP contribution < -0.4 is 0 Å². The fourth-order valence-electron chi connectivity index (χ4n) is 1.06. The van der Waals surface area contributed by atoms with Crippen LogP contribution in [0.2, 0.25) is 0 Å². The van der Waals surface area contributed by atoms with Gasteiger partial charge in [0.1, 0.15) is 0 Å². The van der Waals surface area contributed by atoms with Crippen LogP contribution in [0.15, 0.2) is 12.2 Å². The number of hydrogen-bond donors (Lipinski definition) is 1. The first-order chi connectivity index (χ1) is 4.39. The van der Waals surface area contributed by atoms with Gasteiger partial charge in [0.05, 0.1) is 0 Å². The number of allylic oxidation sites excluding steroid dienone is 2. The molecule has 0 spiro atoms. The highest BCUT2D eigenvalue weighted by Crippen LogP contribution is 2.08. The molecule has 0 amide bonds. The molecule has 1 aliphatic carbocycles. The van der Waals surface area contributed by atoms with E-state index in [1.165, 1.54) is 25.7 Å². The van der Waals surface area contributed by atoms with Crippen LogP contribution in [-0.2, 0) is 0 Å². The van der Waals surface area contributed by atoms with Crippen molar-refractivity contribution in [3.63, 3.8) is 0 Å². The Morgan fingerprint density at radius 2 is 2.11 bits per heavy atom. The van der Waals surface area contributed by atoms with Crippen molar-refractivity contribution in [2.45, 2.75) is 32.1 Å². The smallest absolute Gasteiger partial charge is 0.0310 e. The summed E-state index contributed by atoms with van der Waals surface area (Å²) in [7, 11) is 0. The van der Waals surface area contributed by atoms with Gasteiger partial charge in [-0.15, -0.1) is 0 Å². The molecule has 50 valence electrons. The lowest BCUT2D eigenvalue weighted by molar-refractivity contribution is 0.700. The predicted molar refractivity (Wildman–Crippen MR) is 40.0 cm³/mol. The zero-order valence-corrected chi connectivity index (χ0v) is 5.69. The maximum Gasteiger partial charge on any atom is 0.0310 e. The van der Waals surface area contributed by atoms with Gasteiger partial charge >= 0.3 is 0 Å². The maximum absolute atomic E-state index is 7.34. The van der Waals surface area contributed by atoms with Crippen molar-refractivity contribution in [3.8, 4) is 0 Å². The molecule has 0 saturated carbocycles. The molecule has 0 fully saturated rings. The highest BCUT2D eigenvalue weighted by Gasteiger charge is 1.95. The van der Waals surface area contributed by atoms with Crippen molar-refractivity contribution in [2.75, 3.05) is 0 Å². The lowest BCUT2D eigenvalue weighted by Gasteiger charge is -2.01. The predicted octanol–water partition coefficient (Wildman–Crippen LogP) is 2.53. The van der Waals surface area contributed by atoms with Gasteiger partial charge in [0.25, 0.3) is 0 Å². The molecule has 0 bridgehead atoms. The molecular weight excluding hydrogens is 110 g/mol. The minimum atomic E-state index is 0.801. The van der Waals surface area contributed by atoms with Crippen LogP contribution in [-0.4, -0.2) is 5.71 Å². The number of nitrogens with one attached hydrogen (secondary N) is 1. The molecule has 9 heavy (non-hydrogen) atoms. The van der Waals surface area contributed by atoms with Crippen molar-refractivity contribution in [3.05, 3.63) is 12.2 Å². The van der Waals surface area contributed by atoms with Gasteiger partial charge in [0.2, 0.25) is 0 Å². The molecular formula is C8H13N. The van der Waals surface area contributed by atoms with Crippen LogP contribution in [0.25, 0.3) is 0 Å². The number of rotatable bonds is 0. The summed E-state index contributed by atoms with van der Waals surface area (Å²) in [5.74, 6) is 0. The van der Waals surface area contributed by atoms with Crippen LogP contribution in [0.5, 0.6) is 0 Å². The van der Waals surface area contributed by atoms with Crippen LogP contribution in [0.1, 0.15) is 32.1 Å². The van der Waals surface area contributed by atoms with E-state index in [0.29, 0.717) is 0 Å². The molecule has 0 aromatic rings. The Balaban J connectivity index is 2.39. The van der Waals surface area contributed by atoms with Gasteiger partial charge in [-0.05, 0) is 31.8 Å². The van der Waals surface area contributed by atoms with Crippen molar-refractivity contribution in [1.29, 1.82) is 5.41 Å². The van der Waals surface area contributed by atoms with Crippen LogP contribution in [0.4, 0.5) is 0 Å². The molecule has 0 saturated heterocycles. The Hall–Kier alpha value is -0.590. The Morgan fingerprint density at radius 3 is 3.00 bits per heavy atom. The first-order valence-electron chi connectivity index (χ1n) is 3.63. The molecule has 0 aliphatic heterocycles. The fourth-order valence-corrected chi connectivity index (χ4v) is 1.06. The third kappa shape index (κ3) is 2.45. The average Bonchev–Trinajstić information content (AvgIpc) is 1.79. The van der Waals surface area contributed by atoms with Gasteiger partial charge in [-0.2, -0.15) is 0 Å². The molecule has 1 aliphatic rings. The summed E-state index contributed by atoms with van der Waals surface area (Å²) in [4.78, 5) is 0. The molecule has 1 nitrogen and oxygen atoms in total. The lowest BCUT2D eigenvalue weighted by Crippen LogP contribution is -1.93. The Labute approximate surface area is 56.3 Å². The molecule has 1 heteroatoms. The molecule has 0 aromatic heterocycles. The van der Waals surface area contributed by atoms with E-state index in [1.54, 1.807) is 0 Å². The van der Waals surface area contributed by atoms with Crippen molar-refractivity contribution >= 4 is 5.71 Å². The third-order valence-corrected chi connectivity index (χ3v) is 1.64. The second-order valence-corrected chi connectivity index (χ2v) is 2.53. The van der Waals surface area contributed by atoms with E-state index in [9.17, 15) is 0 Å². The first kappa shape index (κ1) is 6.53. The van der Waals surface area contributed by atoms with E-state index in [0.717, 1.165) is 12.1 Å². The monoisotopic (exact) mass is 123 g/mol. The molecule has 0 radical (unpaired) electrons. The highest BCUT2D eigenvalue weighted by molar-refractivity contribution is 5.92. The Bertz CT molecular complexity index is 125. The standard InChI is InChI=1S/C8H13N/c9-8-6-4-2-1-3-5-7-8/h4,6,9H,1-3,5,7H2. The molecule has 0 atom stereocenters. The second-order valence-electron chi connectivity index (χ2n) is 2.53. The quantitative estimate of drug-likeness (QED) is 0.511. The van der Waals surface area contributed by atoms with Crippen molar-refractivity contribution in [2.24, 2.45) is 0 Å². The van der Waals surface area contributed by atoms with Crippen molar-refractivity contribution < 1.29 is 0 Å². The van der Waals surface area contributed by atoms with Crippen LogP contribution >= 0.6 is 0 Å². The zero-order chi connectivity index (χ0) is 6.53. The molecule has 1 N–H and O–H groups in total. The summed E-state index contributed by atoms with van der Waals surface area (Å²) >= 11 is 0. The van der Waals surface area contributed by atoms with E-state index in [1.807, 2.05) is 6.08 Å². The topological polar surface area (TPSA) is 23.9 Å². The summed E-state index contributed by atoms with van der Waals surface area (Å²) in [6, 6.07) is 0. The summed E-state index contributed by atoms with van der Waals surface area (Å²) in [5, 5.41) is 7.34. The van der Waals surface area contributed by atoms with Gasteiger partial charge in [-0.3, -0.25) is 0 Å². The molecule has 0 unspecified atom stereocenters. The minimum absolute atomic E-state index is 0.801. The zero-order valence-electron chi connectivity index (χ0n) is 5.69. The Kier molecular flexibility index (Phi) is 2.49. The van der Waals surface area contributed by atoms with Gasteiger partial charge in [0.15, 0.2) is 0 Å². The number of hydrogen-bond acceptors (Lipinski definition) is 1. The summed E-state index contributed by atoms with van der Waals surface area (Å²) in [6.07, 6.45) is 10.0. The Morgan fingerprint density at radius 1 is 1.22 bits per heavy atom. The van der Waals surface area contributed by atoms with E-state index >= 15 is 0 Å². The van der Waals surface area contributed by atoms with Gasteiger partial charge < -0.3 is 5.41 Å². The van der Waals surface area contributed by atoms with Gasteiger partial charge in [-0.1, -0.05) is 12.5 Å². The third-order valence-electron chi connectivity index (χ3n) is 1.64.